The van der Waals surface area contributed by atoms with Gasteiger partial charge in [-0.2, -0.15) is 0 Å². The van der Waals surface area contributed by atoms with Crippen molar-refractivity contribution < 1.29 is 9.84 Å². The van der Waals surface area contributed by atoms with Crippen LogP contribution in [0.5, 0.6) is 0 Å². The SMILES string of the molecule is CCC(NCC1(O)C2C3CC4C5CC(C42)C1C53)C1CCCO1. The Kier molecular flexibility index (Phi) is 2.46. The smallest absolute Gasteiger partial charge is 0.0838 e. The fourth-order valence-electron chi connectivity index (χ4n) is 8.84. The minimum Gasteiger partial charge on any atom is -0.388 e. The van der Waals surface area contributed by atoms with E-state index in [4.69, 9.17) is 4.74 Å². The molecule has 122 valence electrons. The molecule has 7 fully saturated rings. The fourth-order valence-corrected chi connectivity index (χ4v) is 8.84. The molecule has 10 unspecified atom stereocenters. The molecule has 0 aromatic heterocycles. The number of aliphatic hydroxyl groups is 1. The predicted molar refractivity (Wildman–Crippen MR) is 83.2 cm³/mol. The van der Waals surface area contributed by atoms with Gasteiger partial charge in [0, 0.05) is 19.2 Å². The first-order valence-electron chi connectivity index (χ1n) is 9.81. The zero-order valence-electron chi connectivity index (χ0n) is 13.6. The lowest BCUT2D eigenvalue weighted by atomic mass is 9.71. The molecule has 1 aliphatic heterocycles. The Morgan fingerprint density at radius 2 is 1.82 bits per heavy atom. The highest BCUT2D eigenvalue weighted by atomic mass is 16.5. The maximum Gasteiger partial charge on any atom is 0.0838 e. The Hall–Kier alpha value is -0.120. The highest BCUT2D eigenvalue weighted by Crippen LogP contribution is 2.85. The first-order valence-corrected chi connectivity index (χ1v) is 9.81. The van der Waals surface area contributed by atoms with Crippen molar-refractivity contribution in [3.63, 3.8) is 0 Å². The van der Waals surface area contributed by atoms with E-state index in [2.05, 4.69) is 12.2 Å². The maximum atomic E-state index is 11.6. The average molecular weight is 303 g/mol. The van der Waals surface area contributed by atoms with Crippen LogP contribution in [0, 0.1) is 47.3 Å². The molecule has 0 aromatic rings. The van der Waals surface area contributed by atoms with Crippen molar-refractivity contribution in [2.45, 2.75) is 56.8 Å². The molecule has 1 saturated heterocycles. The van der Waals surface area contributed by atoms with Crippen LogP contribution in [-0.4, -0.2) is 36.0 Å². The number of rotatable bonds is 5. The number of hydrogen-bond acceptors (Lipinski definition) is 3. The molecule has 22 heavy (non-hydrogen) atoms. The number of nitrogens with one attached hydrogen (secondary N) is 1. The molecule has 6 saturated carbocycles. The lowest BCUT2D eigenvalue weighted by molar-refractivity contribution is -0.0222. The highest BCUT2D eigenvalue weighted by Gasteiger charge is 2.84. The summed E-state index contributed by atoms with van der Waals surface area (Å²) in [5.74, 6) is 6.89. The van der Waals surface area contributed by atoms with Crippen LogP contribution in [0.3, 0.4) is 0 Å². The van der Waals surface area contributed by atoms with Gasteiger partial charge in [0.25, 0.3) is 0 Å². The van der Waals surface area contributed by atoms with E-state index in [0.717, 1.165) is 55.1 Å². The van der Waals surface area contributed by atoms with Crippen molar-refractivity contribution >= 4 is 0 Å². The molecule has 6 aliphatic carbocycles. The molecule has 0 radical (unpaired) electrons. The molecular weight excluding hydrogens is 274 g/mol. The summed E-state index contributed by atoms with van der Waals surface area (Å²) in [7, 11) is 0. The van der Waals surface area contributed by atoms with E-state index in [1.807, 2.05) is 0 Å². The summed E-state index contributed by atoms with van der Waals surface area (Å²) in [5, 5.41) is 15.4. The van der Waals surface area contributed by atoms with Gasteiger partial charge < -0.3 is 15.2 Å². The minimum absolute atomic E-state index is 0.378. The first kappa shape index (κ1) is 13.2. The fraction of sp³-hybridized carbons (Fsp3) is 1.00. The Labute approximate surface area is 133 Å². The van der Waals surface area contributed by atoms with Crippen LogP contribution < -0.4 is 5.32 Å². The topological polar surface area (TPSA) is 41.5 Å². The molecule has 3 heteroatoms. The summed E-state index contributed by atoms with van der Waals surface area (Å²) in [6.07, 6.45) is 6.81. The second-order valence-electron chi connectivity index (χ2n) is 9.27. The molecule has 2 N–H and O–H groups in total. The van der Waals surface area contributed by atoms with E-state index in [-0.39, 0.29) is 5.60 Å². The molecule has 7 aliphatic rings. The molecule has 0 aromatic carbocycles. The van der Waals surface area contributed by atoms with Crippen molar-refractivity contribution in [1.29, 1.82) is 0 Å². The van der Waals surface area contributed by atoms with Crippen molar-refractivity contribution in [1.82, 2.24) is 5.32 Å². The van der Waals surface area contributed by atoms with Gasteiger partial charge in [-0.25, -0.2) is 0 Å². The zero-order valence-corrected chi connectivity index (χ0v) is 13.6. The van der Waals surface area contributed by atoms with Gasteiger partial charge in [-0.1, -0.05) is 6.92 Å². The van der Waals surface area contributed by atoms with Gasteiger partial charge in [-0.05, 0) is 79.4 Å². The molecule has 0 spiro atoms. The third-order valence-corrected chi connectivity index (χ3v) is 9.02. The zero-order chi connectivity index (χ0) is 14.6. The van der Waals surface area contributed by atoms with E-state index in [1.165, 1.54) is 25.7 Å². The van der Waals surface area contributed by atoms with Gasteiger partial charge in [-0.3, -0.25) is 0 Å². The van der Waals surface area contributed by atoms with Crippen LogP contribution in [0.2, 0.25) is 0 Å². The Morgan fingerprint density at radius 1 is 1.14 bits per heavy atom. The van der Waals surface area contributed by atoms with Crippen LogP contribution in [-0.2, 0) is 4.74 Å². The molecule has 7 rings (SSSR count). The largest absolute Gasteiger partial charge is 0.388 e. The van der Waals surface area contributed by atoms with Gasteiger partial charge in [0.1, 0.15) is 0 Å². The van der Waals surface area contributed by atoms with Gasteiger partial charge in [0.15, 0.2) is 0 Å². The minimum atomic E-state index is -0.378. The third-order valence-electron chi connectivity index (χ3n) is 9.02. The van der Waals surface area contributed by atoms with E-state index in [0.29, 0.717) is 24.0 Å². The molecule has 6 bridgehead atoms. The van der Waals surface area contributed by atoms with Crippen LogP contribution in [0.15, 0.2) is 0 Å². The van der Waals surface area contributed by atoms with Gasteiger partial charge in [0.05, 0.1) is 11.7 Å². The van der Waals surface area contributed by atoms with Gasteiger partial charge in [0.2, 0.25) is 0 Å². The second kappa shape index (κ2) is 4.10. The van der Waals surface area contributed by atoms with Gasteiger partial charge >= 0.3 is 0 Å². The Balaban J connectivity index is 1.23. The summed E-state index contributed by atoms with van der Waals surface area (Å²) < 4.78 is 5.89. The number of ether oxygens (including phenoxy) is 1. The molecule has 3 nitrogen and oxygen atoms in total. The van der Waals surface area contributed by atoms with Crippen LogP contribution in [0.25, 0.3) is 0 Å². The van der Waals surface area contributed by atoms with Crippen molar-refractivity contribution in [2.24, 2.45) is 47.3 Å². The Morgan fingerprint density at radius 3 is 2.36 bits per heavy atom. The molecular formula is C19H29NO2. The average Bonchev–Trinajstić information content (AvgIpc) is 3.25. The van der Waals surface area contributed by atoms with E-state index < -0.39 is 0 Å². The third kappa shape index (κ3) is 1.26. The normalized spacial score (nSPS) is 63.8. The predicted octanol–water partition coefficient (Wildman–Crippen LogP) is 2.04. The van der Waals surface area contributed by atoms with Crippen molar-refractivity contribution in [3.05, 3.63) is 0 Å². The highest BCUT2D eigenvalue weighted by molar-refractivity contribution is 5.32. The molecule has 10 atom stereocenters. The summed E-state index contributed by atoms with van der Waals surface area (Å²) in [6.45, 7) is 4.01. The Bertz CT molecular complexity index is 474. The monoisotopic (exact) mass is 303 g/mol. The van der Waals surface area contributed by atoms with Crippen LogP contribution >= 0.6 is 0 Å². The lowest BCUT2D eigenvalue weighted by Gasteiger charge is -2.33. The summed E-state index contributed by atoms with van der Waals surface area (Å²) >= 11 is 0. The van der Waals surface area contributed by atoms with Crippen LogP contribution in [0.4, 0.5) is 0 Å². The molecule has 0 amide bonds. The van der Waals surface area contributed by atoms with Crippen molar-refractivity contribution in [2.75, 3.05) is 13.2 Å². The maximum absolute atomic E-state index is 11.6. The van der Waals surface area contributed by atoms with E-state index in [9.17, 15) is 5.11 Å². The molecule has 1 heterocycles. The summed E-state index contributed by atoms with van der Waals surface area (Å²) in [4.78, 5) is 0. The standard InChI is InChI=1S/C19H29NO2/c1-2-13(14-4-3-5-22-14)20-8-19(21)17-11-6-9-10-7-12(15(9)17)18(19)16(10)11/h9-18,20-21H,2-8H2,1H3. The summed E-state index contributed by atoms with van der Waals surface area (Å²) in [5.41, 5.74) is -0.378. The first-order chi connectivity index (χ1) is 10.7. The van der Waals surface area contributed by atoms with Crippen molar-refractivity contribution in [3.8, 4) is 0 Å². The van der Waals surface area contributed by atoms with Gasteiger partial charge in [-0.15, -0.1) is 0 Å². The van der Waals surface area contributed by atoms with E-state index >= 15 is 0 Å². The number of hydrogen-bond donors (Lipinski definition) is 2. The van der Waals surface area contributed by atoms with Crippen LogP contribution in [0.1, 0.15) is 39.0 Å². The van der Waals surface area contributed by atoms with E-state index in [1.54, 1.807) is 0 Å². The summed E-state index contributed by atoms with van der Waals surface area (Å²) in [6, 6.07) is 0.439. The second-order valence-corrected chi connectivity index (χ2v) is 9.27. The quantitative estimate of drug-likeness (QED) is 0.817. The lowest BCUT2D eigenvalue weighted by Crippen LogP contribution is -2.51.